The number of benzene rings is 2. The zero-order chi connectivity index (χ0) is 19.5. The van der Waals surface area contributed by atoms with Gasteiger partial charge in [-0.1, -0.05) is 54.2 Å². The standard InChI is InChI=1S/C21H15N5OS2/c1-3-8-15(9-4-1)20-24-22-18(27-20)14-29-21-25-23-19(17-12-7-13-28-17)26(21)16-10-5-2-6-11-16/h1-13H,14H2. The second-order valence-corrected chi connectivity index (χ2v) is 8.00. The summed E-state index contributed by atoms with van der Waals surface area (Å²) in [5.74, 6) is 2.40. The van der Waals surface area contributed by atoms with Crippen LogP contribution in [0.5, 0.6) is 0 Å². The Morgan fingerprint density at radius 1 is 0.828 bits per heavy atom. The van der Waals surface area contributed by atoms with E-state index in [0.717, 1.165) is 27.1 Å². The molecule has 0 aliphatic rings. The lowest BCUT2D eigenvalue weighted by atomic mass is 10.2. The van der Waals surface area contributed by atoms with Gasteiger partial charge in [-0.3, -0.25) is 4.57 Å². The molecule has 0 N–H and O–H groups in total. The van der Waals surface area contributed by atoms with Gasteiger partial charge in [-0.05, 0) is 35.7 Å². The minimum Gasteiger partial charge on any atom is -0.420 e. The molecular weight excluding hydrogens is 402 g/mol. The Morgan fingerprint density at radius 3 is 2.38 bits per heavy atom. The van der Waals surface area contributed by atoms with Crippen LogP contribution in [-0.2, 0) is 5.75 Å². The van der Waals surface area contributed by atoms with E-state index in [9.17, 15) is 0 Å². The Labute approximate surface area is 175 Å². The Kier molecular flexibility index (Phi) is 4.93. The Balaban J connectivity index is 1.43. The van der Waals surface area contributed by atoms with Gasteiger partial charge in [0.25, 0.3) is 0 Å². The van der Waals surface area contributed by atoms with E-state index in [2.05, 4.69) is 25.0 Å². The van der Waals surface area contributed by atoms with E-state index in [1.54, 1.807) is 11.3 Å². The molecule has 8 heteroatoms. The molecule has 0 spiro atoms. The topological polar surface area (TPSA) is 69.6 Å². The summed E-state index contributed by atoms with van der Waals surface area (Å²) in [6.07, 6.45) is 0. The quantitative estimate of drug-likeness (QED) is 0.347. The van der Waals surface area contributed by atoms with Crippen LogP contribution in [0.3, 0.4) is 0 Å². The molecule has 0 atom stereocenters. The van der Waals surface area contributed by atoms with Crippen LogP contribution in [-0.4, -0.2) is 25.0 Å². The zero-order valence-electron chi connectivity index (χ0n) is 15.2. The second-order valence-electron chi connectivity index (χ2n) is 6.11. The van der Waals surface area contributed by atoms with Gasteiger partial charge in [0.05, 0.1) is 10.6 Å². The van der Waals surface area contributed by atoms with Crippen molar-refractivity contribution >= 4 is 23.1 Å². The van der Waals surface area contributed by atoms with Gasteiger partial charge in [-0.25, -0.2) is 0 Å². The third-order valence-corrected chi connectivity index (χ3v) is 5.98. The number of thioether (sulfide) groups is 1. The highest BCUT2D eigenvalue weighted by Gasteiger charge is 2.18. The van der Waals surface area contributed by atoms with E-state index in [4.69, 9.17) is 4.42 Å². The van der Waals surface area contributed by atoms with Crippen LogP contribution < -0.4 is 0 Å². The molecule has 0 amide bonds. The molecule has 0 aliphatic heterocycles. The summed E-state index contributed by atoms with van der Waals surface area (Å²) in [5, 5.41) is 20.0. The van der Waals surface area contributed by atoms with Crippen molar-refractivity contribution in [2.75, 3.05) is 0 Å². The molecule has 0 radical (unpaired) electrons. The van der Waals surface area contributed by atoms with Crippen molar-refractivity contribution in [3.05, 3.63) is 84.1 Å². The first-order chi connectivity index (χ1) is 14.4. The third-order valence-electron chi connectivity index (χ3n) is 4.20. The summed E-state index contributed by atoms with van der Waals surface area (Å²) < 4.78 is 7.88. The summed E-state index contributed by atoms with van der Waals surface area (Å²) in [5.41, 5.74) is 1.92. The number of hydrogen-bond acceptors (Lipinski definition) is 7. The highest BCUT2D eigenvalue weighted by molar-refractivity contribution is 7.98. The van der Waals surface area contributed by atoms with E-state index in [1.807, 2.05) is 78.2 Å². The summed E-state index contributed by atoms with van der Waals surface area (Å²) in [7, 11) is 0. The maximum atomic E-state index is 5.82. The van der Waals surface area contributed by atoms with Crippen molar-refractivity contribution < 1.29 is 4.42 Å². The first-order valence-corrected chi connectivity index (χ1v) is 10.8. The molecule has 3 heterocycles. The number of nitrogens with zero attached hydrogens (tertiary/aromatic N) is 5. The molecule has 0 bridgehead atoms. The predicted molar refractivity (Wildman–Crippen MR) is 114 cm³/mol. The first kappa shape index (κ1) is 17.8. The molecule has 0 saturated heterocycles. The van der Waals surface area contributed by atoms with Crippen LogP contribution in [0.15, 0.2) is 87.8 Å². The average molecular weight is 418 g/mol. The molecule has 5 rings (SSSR count). The molecule has 5 aromatic rings. The highest BCUT2D eigenvalue weighted by Crippen LogP contribution is 2.31. The molecule has 2 aromatic carbocycles. The molecule has 0 aliphatic carbocycles. The maximum absolute atomic E-state index is 5.82. The molecule has 3 aromatic heterocycles. The normalized spacial score (nSPS) is 11.0. The number of thiophene rings is 1. The van der Waals surface area contributed by atoms with Crippen molar-refractivity contribution in [1.82, 2.24) is 25.0 Å². The summed E-state index contributed by atoms with van der Waals surface area (Å²) in [4.78, 5) is 1.07. The van der Waals surface area contributed by atoms with Gasteiger partial charge in [0.2, 0.25) is 11.8 Å². The Morgan fingerprint density at radius 2 is 1.62 bits per heavy atom. The summed E-state index contributed by atoms with van der Waals surface area (Å²) >= 11 is 3.16. The van der Waals surface area contributed by atoms with Crippen LogP contribution >= 0.6 is 23.1 Å². The lowest BCUT2D eigenvalue weighted by Crippen LogP contribution is -1.98. The zero-order valence-corrected chi connectivity index (χ0v) is 16.8. The van der Waals surface area contributed by atoms with Crippen LogP contribution in [0.2, 0.25) is 0 Å². The molecule has 0 unspecified atom stereocenters. The monoisotopic (exact) mass is 417 g/mol. The van der Waals surface area contributed by atoms with Gasteiger partial charge in [-0.15, -0.1) is 31.7 Å². The Bertz CT molecular complexity index is 1200. The van der Waals surface area contributed by atoms with E-state index < -0.39 is 0 Å². The van der Waals surface area contributed by atoms with Gasteiger partial charge < -0.3 is 4.42 Å². The van der Waals surface area contributed by atoms with Crippen LogP contribution in [0.4, 0.5) is 0 Å². The van der Waals surface area contributed by atoms with Gasteiger partial charge in [0, 0.05) is 11.3 Å². The van der Waals surface area contributed by atoms with E-state index >= 15 is 0 Å². The molecule has 6 nitrogen and oxygen atoms in total. The van der Waals surface area contributed by atoms with E-state index in [-0.39, 0.29) is 0 Å². The second kappa shape index (κ2) is 8.02. The van der Waals surface area contributed by atoms with Crippen LogP contribution in [0.25, 0.3) is 27.8 Å². The fourth-order valence-electron chi connectivity index (χ4n) is 2.87. The molecule has 0 fully saturated rings. The minimum absolute atomic E-state index is 0.509. The molecule has 142 valence electrons. The minimum atomic E-state index is 0.509. The summed E-state index contributed by atoms with van der Waals surface area (Å²) in [6, 6.07) is 23.9. The fourth-order valence-corrected chi connectivity index (χ4v) is 4.36. The third kappa shape index (κ3) is 3.72. The van der Waals surface area contributed by atoms with Crippen molar-refractivity contribution in [1.29, 1.82) is 0 Å². The fraction of sp³-hybridized carbons (Fsp3) is 0.0476. The SMILES string of the molecule is c1ccc(-c2nnc(CSc3nnc(-c4cccs4)n3-c3ccccc3)o2)cc1. The van der Waals surface area contributed by atoms with Crippen molar-refractivity contribution in [2.45, 2.75) is 10.9 Å². The number of hydrogen-bond donors (Lipinski definition) is 0. The van der Waals surface area contributed by atoms with Crippen molar-refractivity contribution in [3.63, 3.8) is 0 Å². The van der Waals surface area contributed by atoms with Gasteiger partial charge in [-0.2, -0.15) is 0 Å². The lowest BCUT2D eigenvalue weighted by molar-refractivity contribution is 0.528. The molecule has 0 saturated carbocycles. The largest absolute Gasteiger partial charge is 0.420 e. The van der Waals surface area contributed by atoms with E-state index in [1.165, 1.54) is 11.8 Å². The van der Waals surface area contributed by atoms with E-state index in [0.29, 0.717) is 17.5 Å². The highest BCUT2D eigenvalue weighted by atomic mass is 32.2. The van der Waals surface area contributed by atoms with Crippen molar-refractivity contribution in [3.8, 4) is 27.8 Å². The Hall–Kier alpha value is -3.23. The molecular formula is C21H15N5OS2. The van der Waals surface area contributed by atoms with Gasteiger partial charge >= 0.3 is 0 Å². The number of para-hydroxylation sites is 1. The number of aromatic nitrogens is 5. The van der Waals surface area contributed by atoms with Crippen LogP contribution in [0.1, 0.15) is 5.89 Å². The molecule has 29 heavy (non-hydrogen) atoms. The number of rotatable bonds is 6. The van der Waals surface area contributed by atoms with Gasteiger partial charge in [0.15, 0.2) is 11.0 Å². The smallest absolute Gasteiger partial charge is 0.247 e. The predicted octanol–water partition coefficient (Wildman–Crippen LogP) is 5.34. The maximum Gasteiger partial charge on any atom is 0.247 e. The lowest BCUT2D eigenvalue weighted by Gasteiger charge is -2.08. The first-order valence-electron chi connectivity index (χ1n) is 8.94. The van der Waals surface area contributed by atoms with Crippen molar-refractivity contribution in [2.24, 2.45) is 0 Å². The summed E-state index contributed by atoms with van der Waals surface area (Å²) in [6.45, 7) is 0. The average Bonchev–Trinajstić information content (AvgIpc) is 3.54. The van der Waals surface area contributed by atoms with Gasteiger partial charge in [0.1, 0.15) is 0 Å². The van der Waals surface area contributed by atoms with Crippen LogP contribution in [0, 0.1) is 0 Å².